The maximum absolute atomic E-state index is 13.6. The number of ketones is 1. The van der Waals surface area contributed by atoms with Crippen LogP contribution < -0.4 is 9.64 Å². The molecular formula is C25H18ClF2NO4. The molecule has 0 radical (unpaired) electrons. The summed E-state index contributed by atoms with van der Waals surface area (Å²) in [5, 5.41) is 11.5. The van der Waals surface area contributed by atoms with Gasteiger partial charge in [0.2, 0.25) is 0 Å². The molecular weight excluding hydrogens is 452 g/mol. The van der Waals surface area contributed by atoms with Crippen molar-refractivity contribution in [1.29, 1.82) is 0 Å². The number of ether oxygens (including phenoxy) is 1. The van der Waals surface area contributed by atoms with Crippen molar-refractivity contribution in [2.24, 2.45) is 0 Å². The Labute approximate surface area is 193 Å². The van der Waals surface area contributed by atoms with Gasteiger partial charge in [0.05, 0.1) is 29.3 Å². The van der Waals surface area contributed by atoms with E-state index in [9.17, 15) is 23.5 Å². The lowest BCUT2D eigenvalue weighted by Gasteiger charge is -2.25. The number of halogens is 3. The van der Waals surface area contributed by atoms with Gasteiger partial charge in [0, 0.05) is 5.69 Å². The van der Waals surface area contributed by atoms with E-state index in [0.717, 1.165) is 17.0 Å². The van der Waals surface area contributed by atoms with Gasteiger partial charge in [-0.05, 0) is 66.6 Å². The number of carbonyl (C=O) groups is 2. The normalized spacial score (nSPS) is 17.5. The largest absolute Gasteiger partial charge is 0.507 e. The summed E-state index contributed by atoms with van der Waals surface area (Å²) in [5.74, 6) is -3.27. The van der Waals surface area contributed by atoms with Crippen LogP contribution in [0.3, 0.4) is 0 Å². The van der Waals surface area contributed by atoms with Gasteiger partial charge in [0.1, 0.15) is 23.1 Å². The molecule has 0 bridgehead atoms. The zero-order valence-corrected chi connectivity index (χ0v) is 18.4. The number of methoxy groups -OCH3 is 1. The first-order valence-electron chi connectivity index (χ1n) is 9.89. The Balaban J connectivity index is 2.00. The van der Waals surface area contributed by atoms with E-state index < -0.39 is 35.1 Å². The van der Waals surface area contributed by atoms with Gasteiger partial charge in [-0.1, -0.05) is 23.7 Å². The Morgan fingerprint density at radius 1 is 1.00 bits per heavy atom. The standard InChI is InChI=1S/C25H18ClF2NO4/c1-13-11-18(24(33-2)19(26)12-13)22(30)20-21(14-3-5-15(27)6-4-14)29(25(32)23(20)31)17-9-7-16(28)8-10-17/h3-12,21,30H,1-2H3/b22-20+. The Morgan fingerprint density at radius 3 is 2.15 bits per heavy atom. The fraction of sp³-hybridized carbons (Fsp3) is 0.120. The maximum Gasteiger partial charge on any atom is 0.300 e. The van der Waals surface area contributed by atoms with Gasteiger partial charge >= 0.3 is 0 Å². The molecule has 0 aliphatic carbocycles. The minimum Gasteiger partial charge on any atom is -0.507 e. The molecule has 5 nitrogen and oxygen atoms in total. The third kappa shape index (κ3) is 3.96. The average Bonchev–Trinajstić information content (AvgIpc) is 3.04. The van der Waals surface area contributed by atoms with Crippen LogP contribution in [0.15, 0.2) is 66.2 Å². The number of rotatable bonds is 4. The first-order chi connectivity index (χ1) is 15.7. The van der Waals surface area contributed by atoms with Crippen LogP contribution in [0.2, 0.25) is 5.02 Å². The van der Waals surface area contributed by atoms with E-state index >= 15 is 0 Å². The second kappa shape index (κ2) is 8.67. The van der Waals surface area contributed by atoms with Crippen molar-refractivity contribution < 1.29 is 28.2 Å². The molecule has 3 aromatic rings. The first kappa shape index (κ1) is 22.5. The number of benzene rings is 3. The zero-order chi connectivity index (χ0) is 23.9. The predicted octanol–water partition coefficient (Wildman–Crippen LogP) is 5.56. The molecule has 1 heterocycles. The van der Waals surface area contributed by atoms with Crippen LogP contribution in [0.4, 0.5) is 14.5 Å². The predicted molar refractivity (Wildman–Crippen MR) is 120 cm³/mol. The fourth-order valence-corrected chi connectivity index (χ4v) is 4.27. The van der Waals surface area contributed by atoms with Gasteiger partial charge in [0.25, 0.3) is 11.7 Å². The molecule has 1 fully saturated rings. The minimum atomic E-state index is -1.10. The van der Waals surface area contributed by atoms with Crippen LogP contribution in [0.5, 0.6) is 5.75 Å². The highest BCUT2D eigenvalue weighted by atomic mass is 35.5. The Bertz CT molecular complexity index is 1290. The minimum absolute atomic E-state index is 0.130. The third-order valence-corrected chi connectivity index (χ3v) is 5.66. The Kier molecular flexibility index (Phi) is 5.91. The molecule has 1 aliphatic rings. The van der Waals surface area contributed by atoms with Crippen molar-refractivity contribution in [3.63, 3.8) is 0 Å². The summed E-state index contributed by atoms with van der Waals surface area (Å²) in [7, 11) is 1.36. The fourth-order valence-electron chi connectivity index (χ4n) is 3.92. The lowest BCUT2D eigenvalue weighted by atomic mass is 9.94. The van der Waals surface area contributed by atoms with Crippen molar-refractivity contribution in [3.05, 3.63) is 99.6 Å². The average molecular weight is 470 g/mol. The van der Waals surface area contributed by atoms with E-state index in [1.807, 2.05) is 0 Å². The van der Waals surface area contributed by atoms with E-state index in [2.05, 4.69) is 0 Å². The van der Waals surface area contributed by atoms with Gasteiger partial charge in [0.15, 0.2) is 0 Å². The number of aliphatic hydroxyl groups excluding tert-OH is 1. The van der Waals surface area contributed by atoms with Crippen molar-refractivity contribution in [3.8, 4) is 5.75 Å². The molecule has 1 saturated heterocycles. The van der Waals surface area contributed by atoms with E-state index in [0.29, 0.717) is 11.1 Å². The summed E-state index contributed by atoms with van der Waals surface area (Å²) in [6, 6.07) is 12.3. The highest BCUT2D eigenvalue weighted by Crippen LogP contribution is 2.44. The number of hydrogen-bond donors (Lipinski definition) is 1. The molecule has 8 heteroatoms. The molecule has 3 aromatic carbocycles. The quantitative estimate of drug-likeness (QED) is 0.308. The second-order valence-electron chi connectivity index (χ2n) is 7.52. The molecule has 0 saturated carbocycles. The number of amides is 1. The third-order valence-electron chi connectivity index (χ3n) is 5.38. The molecule has 168 valence electrons. The van der Waals surface area contributed by atoms with Crippen molar-refractivity contribution in [2.45, 2.75) is 13.0 Å². The van der Waals surface area contributed by atoms with E-state index in [1.165, 1.54) is 43.5 Å². The zero-order valence-electron chi connectivity index (χ0n) is 17.6. The molecule has 1 unspecified atom stereocenters. The topological polar surface area (TPSA) is 66.8 Å². The highest BCUT2D eigenvalue weighted by Gasteiger charge is 2.47. The van der Waals surface area contributed by atoms with Gasteiger partial charge in [-0.15, -0.1) is 0 Å². The van der Waals surface area contributed by atoms with Gasteiger partial charge < -0.3 is 9.84 Å². The van der Waals surface area contributed by atoms with Crippen LogP contribution in [-0.4, -0.2) is 23.9 Å². The lowest BCUT2D eigenvalue weighted by Crippen LogP contribution is -2.29. The Hall–Kier alpha value is -3.71. The van der Waals surface area contributed by atoms with Crippen LogP contribution in [0, 0.1) is 18.6 Å². The summed E-state index contributed by atoms with van der Waals surface area (Å²) >= 11 is 6.26. The smallest absolute Gasteiger partial charge is 0.300 e. The molecule has 1 amide bonds. The number of nitrogens with zero attached hydrogens (tertiary/aromatic N) is 1. The maximum atomic E-state index is 13.6. The van der Waals surface area contributed by atoms with E-state index in [1.54, 1.807) is 19.1 Å². The Morgan fingerprint density at radius 2 is 1.58 bits per heavy atom. The summed E-state index contributed by atoms with van der Waals surface area (Å²) in [4.78, 5) is 27.4. The van der Waals surface area contributed by atoms with Crippen LogP contribution in [-0.2, 0) is 9.59 Å². The van der Waals surface area contributed by atoms with E-state index in [4.69, 9.17) is 16.3 Å². The van der Waals surface area contributed by atoms with Crippen molar-refractivity contribution in [1.82, 2.24) is 0 Å². The van der Waals surface area contributed by atoms with Crippen LogP contribution in [0.1, 0.15) is 22.7 Å². The second-order valence-corrected chi connectivity index (χ2v) is 7.93. The van der Waals surface area contributed by atoms with Gasteiger partial charge in [-0.3, -0.25) is 14.5 Å². The van der Waals surface area contributed by atoms with Crippen molar-refractivity contribution in [2.75, 3.05) is 12.0 Å². The van der Waals surface area contributed by atoms with Gasteiger partial charge in [-0.2, -0.15) is 0 Å². The molecule has 4 rings (SSSR count). The molecule has 33 heavy (non-hydrogen) atoms. The molecule has 1 N–H and O–H groups in total. The van der Waals surface area contributed by atoms with Crippen molar-refractivity contribution >= 4 is 34.7 Å². The lowest BCUT2D eigenvalue weighted by molar-refractivity contribution is -0.132. The summed E-state index contributed by atoms with van der Waals surface area (Å²) in [5.41, 5.74) is 1.20. The summed E-state index contributed by atoms with van der Waals surface area (Å²) in [6.45, 7) is 1.75. The van der Waals surface area contributed by atoms with Crippen LogP contribution in [0.25, 0.3) is 5.76 Å². The van der Waals surface area contributed by atoms with E-state index in [-0.39, 0.29) is 27.6 Å². The number of aliphatic hydroxyl groups is 1. The number of aryl methyl sites for hydroxylation is 1. The van der Waals surface area contributed by atoms with Gasteiger partial charge in [-0.25, -0.2) is 8.78 Å². The number of hydrogen-bond acceptors (Lipinski definition) is 4. The summed E-state index contributed by atoms with van der Waals surface area (Å²) in [6.07, 6.45) is 0. The molecule has 0 aromatic heterocycles. The van der Waals surface area contributed by atoms with Crippen LogP contribution >= 0.6 is 11.6 Å². The highest BCUT2D eigenvalue weighted by molar-refractivity contribution is 6.51. The molecule has 1 atom stereocenters. The SMILES string of the molecule is COc1c(Cl)cc(C)cc1/C(O)=C1\C(=O)C(=O)N(c2ccc(F)cc2)C1c1ccc(F)cc1. The number of Topliss-reactive ketones (excluding diaryl/α,β-unsaturated/α-hetero) is 1. The molecule has 0 spiro atoms. The monoisotopic (exact) mass is 469 g/mol. The molecule has 1 aliphatic heterocycles. The number of anilines is 1. The first-order valence-corrected chi connectivity index (χ1v) is 10.3. The number of carbonyl (C=O) groups excluding carboxylic acids is 2. The summed E-state index contributed by atoms with van der Waals surface area (Å²) < 4.78 is 32.5.